The van der Waals surface area contributed by atoms with Gasteiger partial charge in [0.05, 0.1) is 13.0 Å². The van der Waals surface area contributed by atoms with Gasteiger partial charge in [-0.1, -0.05) is 57.9 Å². The fourth-order valence-corrected chi connectivity index (χ4v) is 4.94. The van der Waals surface area contributed by atoms with Crippen molar-refractivity contribution < 1.29 is 19.1 Å². The Hall–Kier alpha value is -1.98. The van der Waals surface area contributed by atoms with Crippen molar-refractivity contribution in [2.24, 2.45) is 11.3 Å². The van der Waals surface area contributed by atoms with Gasteiger partial charge < -0.3 is 4.74 Å². The molecule has 1 fully saturated rings. The molecule has 0 amide bonds. The van der Waals surface area contributed by atoms with Gasteiger partial charge in [0, 0.05) is 26.5 Å². The Morgan fingerprint density at radius 1 is 1.12 bits per heavy atom. The number of ketones is 2. The zero-order valence-electron chi connectivity index (χ0n) is 13.1. The van der Waals surface area contributed by atoms with E-state index < -0.39 is 23.2 Å². The average Bonchev–Trinajstić information content (AvgIpc) is 3.24. The van der Waals surface area contributed by atoms with Crippen molar-refractivity contribution in [2.45, 2.75) is 5.92 Å². The number of hydrogen-bond donors (Lipinski definition) is 0. The molecule has 0 aromatic heterocycles. The predicted molar refractivity (Wildman–Crippen MR) is 94.9 cm³/mol. The highest BCUT2D eigenvalue weighted by Crippen LogP contribution is 2.71. The number of methoxy groups -OCH3 is 1. The van der Waals surface area contributed by atoms with Crippen molar-refractivity contribution in [3.05, 3.63) is 68.7 Å². The van der Waals surface area contributed by atoms with Gasteiger partial charge in [0.1, 0.15) is 5.41 Å². The van der Waals surface area contributed by atoms with E-state index in [0.717, 1.165) is 0 Å². The smallest absolute Gasteiger partial charge is 0.310 e. The normalized spacial score (nSPS) is 22.8. The first-order valence-electron chi connectivity index (χ1n) is 7.66. The first kappa shape index (κ1) is 16.5. The molecule has 126 valence electrons. The highest BCUT2D eigenvalue weighted by Gasteiger charge is 2.80. The molecule has 2 aromatic carbocycles. The third-order valence-electron chi connectivity index (χ3n) is 5.13. The van der Waals surface area contributed by atoms with E-state index in [-0.39, 0.29) is 11.6 Å². The molecule has 0 N–H and O–H groups in total. The highest BCUT2D eigenvalue weighted by molar-refractivity contribution is 9.10. The van der Waals surface area contributed by atoms with Gasteiger partial charge in [-0.15, -0.1) is 0 Å². The standard InChI is InChI=1S/C19H12BrClO4/c1-25-18(24)15-14(12-7-6-9(21)8-13(12)20)19(15)16(22)10-4-2-3-5-11(10)17(19)23/h2-8,14-15H,1H3/t14-,15+/m0/s1. The van der Waals surface area contributed by atoms with Gasteiger partial charge in [0.25, 0.3) is 0 Å². The number of esters is 1. The Kier molecular flexibility index (Phi) is 3.63. The Morgan fingerprint density at radius 3 is 2.24 bits per heavy atom. The van der Waals surface area contributed by atoms with Crippen LogP contribution in [0.2, 0.25) is 5.02 Å². The Bertz CT molecular complexity index is 917. The van der Waals surface area contributed by atoms with Gasteiger partial charge in [-0.3, -0.25) is 14.4 Å². The van der Waals surface area contributed by atoms with Crippen LogP contribution in [0.15, 0.2) is 46.9 Å². The SMILES string of the molecule is COC(=O)[C@H]1[C@H](c2ccc(Cl)cc2Br)C12C(=O)c1ccccc1C2=O. The molecule has 2 atom stereocenters. The summed E-state index contributed by atoms with van der Waals surface area (Å²) >= 11 is 9.43. The number of ether oxygens (including phenoxy) is 1. The Balaban J connectivity index is 1.90. The van der Waals surface area contributed by atoms with E-state index in [9.17, 15) is 14.4 Å². The molecule has 25 heavy (non-hydrogen) atoms. The minimum atomic E-state index is -1.41. The summed E-state index contributed by atoms with van der Waals surface area (Å²) in [5.74, 6) is -2.58. The van der Waals surface area contributed by atoms with Crippen LogP contribution in [0.25, 0.3) is 0 Å². The lowest BCUT2D eigenvalue weighted by atomic mass is 9.93. The molecule has 0 radical (unpaired) electrons. The van der Waals surface area contributed by atoms with Crippen molar-refractivity contribution in [3.63, 3.8) is 0 Å². The number of halogens is 2. The summed E-state index contributed by atoms with van der Waals surface area (Å²) in [6.07, 6.45) is 0. The fraction of sp³-hybridized carbons (Fsp3) is 0.211. The number of carbonyl (C=O) groups is 3. The average molecular weight is 420 g/mol. The van der Waals surface area contributed by atoms with Crippen molar-refractivity contribution >= 4 is 45.1 Å². The van der Waals surface area contributed by atoms with E-state index in [2.05, 4.69) is 15.9 Å². The largest absolute Gasteiger partial charge is 0.469 e. The summed E-state index contributed by atoms with van der Waals surface area (Å²) in [7, 11) is 1.26. The maximum absolute atomic E-state index is 13.1. The van der Waals surface area contributed by atoms with Gasteiger partial charge in [-0.25, -0.2) is 0 Å². The first-order valence-corrected chi connectivity index (χ1v) is 8.83. The molecule has 4 rings (SSSR count). The summed E-state index contributed by atoms with van der Waals surface area (Å²) < 4.78 is 5.55. The molecule has 6 heteroatoms. The van der Waals surface area contributed by atoms with Crippen LogP contribution in [-0.2, 0) is 9.53 Å². The topological polar surface area (TPSA) is 60.4 Å². The lowest BCUT2D eigenvalue weighted by Gasteiger charge is -2.08. The van der Waals surface area contributed by atoms with Crippen LogP contribution >= 0.6 is 27.5 Å². The monoisotopic (exact) mass is 418 g/mol. The molecule has 2 aliphatic rings. The Labute approximate surface area is 157 Å². The van der Waals surface area contributed by atoms with Crippen molar-refractivity contribution in [1.29, 1.82) is 0 Å². The third kappa shape index (κ3) is 2.02. The molecule has 0 heterocycles. The zero-order valence-corrected chi connectivity index (χ0v) is 15.4. The van der Waals surface area contributed by atoms with Gasteiger partial charge >= 0.3 is 5.97 Å². The fourth-order valence-electron chi connectivity index (χ4n) is 4.01. The minimum Gasteiger partial charge on any atom is -0.469 e. The van der Waals surface area contributed by atoms with E-state index >= 15 is 0 Å². The third-order valence-corrected chi connectivity index (χ3v) is 6.05. The molecule has 0 saturated heterocycles. The lowest BCUT2D eigenvalue weighted by Crippen LogP contribution is -2.24. The van der Waals surface area contributed by atoms with Crippen molar-refractivity contribution in [1.82, 2.24) is 0 Å². The molecule has 0 aliphatic heterocycles. The van der Waals surface area contributed by atoms with E-state index in [1.54, 1.807) is 42.5 Å². The van der Waals surface area contributed by atoms with Crippen LogP contribution in [0.4, 0.5) is 0 Å². The summed E-state index contributed by atoms with van der Waals surface area (Å²) in [6, 6.07) is 11.8. The second kappa shape index (κ2) is 5.51. The van der Waals surface area contributed by atoms with Crippen LogP contribution in [0.1, 0.15) is 32.2 Å². The summed E-state index contributed by atoms with van der Waals surface area (Å²) in [5, 5.41) is 0.521. The highest BCUT2D eigenvalue weighted by atomic mass is 79.9. The minimum absolute atomic E-state index is 0.310. The molecule has 0 unspecified atom stereocenters. The first-order chi connectivity index (χ1) is 11.9. The summed E-state index contributed by atoms with van der Waals surface area (Å²) in [5.41, 5.74) is 0.0323. The molecule has 1 spiro atoms. The van der Waals surface area contributed by atoms with Crippen LogP contribution in [0.5, 0.6) is 0 Å². The maximum atomic E-state index is 13.1. The maximum Gasteiger partial charge on any atom is 0.310 e. The number of hydrogen-bond acceptors (Lipinski definition) is 4. The van der Waals surface area contributed by atoms with Crippen molar-refractivity contribution in [2.75, 3.05) is 7.11 Å². The van der Waals surface area contributed by atoms with Crippen LogP contribution in [-0.4, -0.2) is 24.6 Å². The summed E-state index contributed by atoms with van der Waals surface area (Å²) in [4.78, 5) is 38.6. The number of Topliss-reactive ketones (excluding diaryl/α,β-unsaturated/α-hetero) is 2. The Morgan fingerprint density at radius 2 is 1.72 bits per heavy atom. The van der Waals surface area contributed by atoms with Crippen LogP contribution in [0.3, 0.4) is 0 Å². The van der Waals surface area contributed by atoms with Crippen molar-refractivity contribution in [3.8, 4) is 0 Å². The lowest BCUT2D eigenvalue weighted by molar-refractivity contribution is -0.142. The van der Waals surface area contributed by atoms with Crippen LogP contribution in [0, 0.1) is 11.3 Å². The number of carbonyl (C=O) groups excluding carboxylic acids is 3. The van der Waals surface area contributed by atoms with E-state index in [4.69, 9.17) is 16.3 Å². The molecule has 1 saturated carbocycles. The molecule has 2 aliphatic carbocycles. The van der Waals surface area contributed by atoms with E-state index in [1.165, 1.54) is 7.11 Å². The zero-order chi connectivity index (χ0) is 17.9. The second-order valence-electron chi connectivity index (χ2n) is 6.22. The number of fused-ring (bicyclic) bond motifs is 1. The van der Waals surface area contributed by atoms with Gasteiger partial charge in [-0.2, -0.15) is 0 Å². The summed E-state index contributed by atoms with van der Waals surface area (Å²) in [6.45, 7) is 0. The quantitative estimate of drug-likeness (QED) is 0.544. The van der Waals surface area contributed by atoms with Gasteiger partial charge in [-0.05, 0) is 17.7 Å². The van der Waals surface area contributed by atoms with Crippen LogP contribution < -0.4 is 0 Å². The van der Waals surface area contributed by atoms with Gasteiger partial charge in [0.15, 0.2) is 11.6 Å². The molecule has 0 bridgehead atoms. The van der Waals surface area contributed by atoms with E-state index in [1.807, 2.05) is 0 Å². The molecule has 2 aromatic rings. The number of rotatable bonds is 2. The molecular weight excluding hydrogens is 408 g/mol. The van der Waals surface area contributed by atoms with E-state index in [0.29, 0.717) is 26.2 Å². The number of benzene rings is 2. The molecular formula is C19H12BrClO4. The predicted octanol–water partition coefficient (Wildman–Crippen LogP) is 4.05. The van der Waals surface area contributed by atoms with Gasteiger partial charge in [0.2, 0.25) is 0 Å². The second-order valence-corrected chi connectivity index (χ2v) is 7.51. The molecule has 4 nitrogen and oxygen atoms in total.